The molecule has 0 unspecified atom stereocenters. The molecule has 0 saturated heterocycles. The molecule has 4 rings (SSSR count). The summed E-state index contributed by atoms with van der Waals surface area (Å²) in [7, 11) is 0. The maximum Gasteiger partial charge on any atom is 0.343 e. The lowest BCUT2D eigenvalue weighted by Gasteiger charge is -2.16. The third-order valence-electron chi connectivity index (χ3n) is 6.56. The van der Waals surface area contributed by atoms with Gasteiger partial charge in [-0.15, -0.1) is 0 Å². The molecule has 0 bridgehead atoms. The normalized spacial score (nSPS) is 10.0. The van der Waals surface area contributed by atoms with Gasteiger partial charge in [0.15, 0.2) is 0 Å². The van der Waals surface area contributed by atoms with E-state index in [2.05, 4.69) is 31.6 Å². The van der Waals surface area contributed by atoms with E-state index in [0.717, 1.165) is 18.2 Å². The van der Waals surface area contributed by atoms with Crippen molar-refractivity contribution in [1.29, 1.82) is 0 Å². The average Bonchev–Trinajstić information content (AvgIpc) is 3.10. The number of esters is 4. The number of ether oxygens (including phenoxy) is 4. The van der Waals surface area contributed by atoms with Crippen molar-refractivity contribution in [3.63, 3.8) is 0 Å². The Bertz CT molecular complexity index is 1910. The van der Waals surface area contributed by atoms with Crippen LogP contribution in [0.5, 0.6) is 23.0 Å². The lowest BCUT2D eigenvalue weighted by molar-refractivity contribution is -0.129. The van der Waals surface area contributed by atoms with Gasteiger partial charge in [0.1, 0.15) is 23.0 Å². The van der Waals surface area contributed by atoms with Crippen molar-refractivity contribution >= 4 is 23.9 Å². The molecule has 0 amide bonds. The molecule has 0 aliphatic heterocycles. The number of hydrogen-bond acceptors (Lipinski definition) is 8. The van der Waals surface area contributed by atoms with E-state index in [4.69, 9.17) is 18.9 Å². The molecule has 0 aromatic heterocycles. The molecular formula is C39H29FO8. The van der Waals surface area contributed by atoms with E-state index in [0.29, 0.717) is 40.0 Å². The highest BCUT2D eigenvalue weighted by Gasteiger charge is 2.17. The summed E-state index contributed by atoms with van der Waals surface area (Å²) < 4.78 is 34.5. The van der Waals surface area contributed by atoms with Crippen LogP contribution in [0.2, 0.25) is 0 Å². The first kappa shape index (κ1) is 34.3. The van der Waals surface area contributed by atoms with Gasteiger partial charge in [-0.05, 0) is 96.8 Å². The Morgan fingerprint density at radius 1 is 0.625 bits per heavy atom. The van der Waals surface area contributed by atoms with Crippen LogP contribution in [-0.2, 0) is 20.8 Å². The van der Waals surface area contributed by atoms with Gasteiger partial charge in [0, 0.05) is 34.9 Å². The van der Waals surface area contributed by atoms with Crippen molar-refractivity contribution in [2.75, 3.05) is 6.67 Å². The quantitative estimate of drug-likeness (QED) is 0.0693. The van der Waals surface area contributed by atoms with Crippen LogP contribution in [0.3, 0.4) is 0 Å². The number of benzene rings is 4. The summed E-state index contributed by atoms with van der Waals surface area (Å²) in [5, 5.41) is 0. The van der Waals surface area contributed by atoms with Crippen LogP contribution in [-0.4, -0.2) is 30.6 Å². The van der Waals surface area contributed by atoms with E-state index in [1.165, 1.54) is 24.3 Å². The number of hydrogen-bond donors (Lipinski definition) is 0. The molecule has 0 aliphatic rings. The van der Waals surface area contributed by atoms with Gasteiger partial charge >= 0.3 is 23.9 Å². The molecule has 0 fully saturated rings. The molecule has 0 radical (unpaired) electrons. The zero-order chi connectivity index (χ0) is 34.5. The molecule has 240 valence electrons. The lowest BCUT2D eigenvalue weighted by atomic mass is 9.93. The minimum Gasteiger partial charge on any atom is -0.423 e. The smallest absolute Gasteiger partial charge is 0.343 e. The number of alkyl halides is 1. The fraction of sp³-hybridized carbons (Fsp3) is 0.0769. The highest BCUT2D eigenvalue weighted by atomic mass is 19.1. The summed E-state index contributed by atoms with van der Waals surface area (Å²) in [6.45, 7) is 9.64. The number of aryl methyl sites for hydroxylation is 1. The second-order valence-corrected chi connectivity index (χ2v) is 9.89. The first-order valence-electron chi connectivity index (χ1n) is 14.5. The topological polar surface area (TPSA) is 105 Å². The molecule has 0 N–H and O–H groups in total. The van der Waals surface area contributed by atoms with Gasteiger partial charge in [-0.1, -0.05) is 43.7 Å². The van der Waals surface area contributed by atoms with Crippen LogP contribution in [0.15, 0.2) is 123 Å². The third-order valence-corrected chi connectivity index (χ3v) is 6.56. The van der Waals surface area contributed by atoms with Crippen molar-refractivity contribution in [3.8, 4) is 46.0 Å². The lowest BCUT2D eigenvalue weighted by Crippen LogP contribution is -2.09. The molecule has 9 heteroatoms. The summed E-state index contributed by atoms with van der Waals surface area (Å²) in [6, 6.07) is 22.4. The molecule has 0 saturated carbocycles. The molecule has 48 heavy (non-hydrogen) atoms. The van der Waals surface area contributed by atoms with Gasteiger partial charge in [0.25, 0.3) is 0 Å². The van der Waals surface area contributed by atoms with Crippen LogP contribution in [0.4, 0.5) is 4.39 Å². The van der Waals surface area contributed by atoms with E-state index in [-0.39, 0.29) is 29.2 Å². The van der Waals surface area contributed by atoms with Gasteiger partial charge in [0.05, 0.1) is 12.2 Å². The van der Waals surface area contributed by atoms with Gasteiger partial charge in [-0.2, -0.15) is 0 Å². The first-order chi connectivity index (χ1) is 23.2. The summed E-state index contributed by atoms with van der Waals surface area (Å²) in [5.74, 6) is 4.62. The summed E-state index contributed by atoms with van der Waals surface area (Å²) in [6.07, 6.45) is 3.67. The molecule has 0 atom stereocenters. The van der Waals surface area contributed by atoms with Gasteiger partial charge < -0.3 is 18.9 Å². The average molecular weight is 645 g/mol. The summed E-state index contributed by atoms with van der Waals surface area (Å²) in [5.41, 5.74) is 3.26. The zero-order valence-electron chi connectivity index (χ0n) is 25.7. The molecule has 0 aliphatic carbocycles. The molecule has 0 spiro atoms. The number of carbonyl (C=O) groups is 4. The van der Waals surface area contributed by atoms with Crippen molar-refractivity contribution < 1.29 is 42.5 Å². The SMILES string of the molecule is C=CC(=O)Oc1ccc(C(=O)Oc2ccc(C#Cc3cc(CCCF)c(-c4ccc(OC(=O)C=C)cc4)c(OC(=O)C=C)c3)cc2)cc1. The van der Waals surface area contributed by atoms with E-state index < -0.39 is 30.6 Å². The maximum absolute atomic E-state index is 13.3. The summed E-state index contributed by atoms with van der Waals surface area (Å²) in [4.78, 5) is 47.8. The van der Waals surface area contributed by atoms with Crippen molar-refractivity contribution in [2.45, 2.75) is 12.8 Å². The fourth-order valence-corrected chi connectivity index (χ4v) is 4.34. The highest BCUT2D eigenvalue weighted by molar-refractivity contribution is 5.91. The predicted molar refractivity (Wildman–Crippen MR) is 177 cm³/mol. The molecular weight excluding hydrogens is 615 g/mol. The number of rotatable bonds is 12. The third kappa shape index (κ3) is 9.49. The molecule has 4 aromatic carbocycles. The van der Waals surface area contributed by atoms with E-state index in [1.807, 2.05) is 0 Å². The fourth-order valence-electron chi connectivity index (χ4n) is 4.34. The second kappa shape index (κ2) is 16.7. The Labute approximate surface area is 276 Å². The molecule has 8 nitrogen and oxygen atoms in total. The van der Waals surface area contributed by atoms with Gasteiger partial charge in [0.2, 0.25) is 0 Å². The Balaban J connectivity index is 1.58. The Morgan fingerprint density at radius 2 is 1.12 bits per heavy atom. The van der Waals surface area contributed by atoms with Crippen LogP contribution >= 0.6 is 0 Å². The highest BCUT2D eigenvalue weighted by Crippen LogP contribution is 2.37. The minimum atomic E-state index is -0.688. The monoisotopic (exact) mass is 644 g/mol. The Kier molecular flexibility index (Phi) is 11.9. The second-order valence-electron chi connectivity index (χ2n) is 9.89. The minimum absolute atomic E-state index is 0.200. The van der Waals surface area contributed by atoms with Crippen molar-refractivity contribution in [2.24, 2.45) is 0 Å². The van der Waals surface area contributed by atoms with Crippen LogP contribution in [0, 0.1) is 11.8 Å². The van der Waals surface area contributed by atoms with Gasteiger partial charge in [-0.25, -0.2) is 19.2 Å². The maximum atomic E-state index is 13.3. The zero-order valence-corrected chi connectivity index (χ0v) is 25.7. The largest absolute Gasteiger partial charge is 0.423 e. The number of carbonyl (C=O) groups excluding carboxylic acids is 4. The van der Waals surface area contributed by atoms with Crippen molar-refractivity contribution in [1.82, 2.24) is 0 Å². The predicted octanol–water partition coefficient (Wildman–Crippen LogP) is 7.15. The summed E-state index contributed by atoms with van der Waals surface area (Å²) >= 11 is 0. The van der Waals surface area contributed by atoms with Crippen LogP contribution in [0.25, 0.3) is 11.1 Å². The first-order valence-corrected chi connectivity index (χ1v) is 14.5. The molecule has 4 aromatic rings. The van der Waals surface area contributed by atoms with Crippen molar-refractivity contribution in [3.05, 3.63) is 145 Å². The van der Waals surface area contributed by atoms with Crippen LogP contribution < -0.4 is 18.9 Å². The van der Waals surface area contributed by atoms with E-state index in [9.17, 15) is 23.6 Å². The van der Waals surface area contributed by atoms with Gasteiger partial charge in [-0.3, -0.25) is 4.39 Å². The van der Waals surface area contributed by atoms with Crippen LogP contribution in [0.1, 0.15) is 33.5 Å². The standard InChI is InChI=1S/C39H29FO8/c1-4-35(41)45-31-19-13-28(14-20-31)38-30(8-7-23-40)24-27(25-34(38)48-37(43)6-3)10-9-26-11-17-33(18-12-26)47-39(44)29-15-21-32(22-16-29)46-36(42)5-2/h4-6,11-22,24-25H,1-3,7-8,23H2. The Morgan fingerprint density at radius 3 is 1.69 bits per heavy atom. The Hall–Kier alpha value is -6.53. The molecule has 0 heterocycles. The van der Waals surface area contributed by atoms with E-state index in [1.54, 1.807) is 60.7 Å². The number of halogens is 1. The van der Waals surface area contributed by atoms with E-state index >= 15 is 0 Å².